The number of hydrogen-bond acceptors (Lipinski definition) is 4. The summed E-state index contributed by atoms with van der Waals surface area (Å²) in [4.78, 5) is 16.0. The SMILES string of the molecule is CC(C)CNC(=O)C(C)NC1=NCCCS1. The van der Waals surface area contributed by atoms with Gasteiger partial charge in [0.15, 0.2) is 5.17 Å². The number of carbonyl (C=O) groups excluding carboxylic acids is 1. The van der Waals surface area contributed by atoms with Crippen molar-refractivity contribution in [2.45, 2.75) is 33.2 Å². The fraction of sp³-hybridized carbons (Fsp3) is 0.818. The van der Waals surface area contributed by atoms with Crippen molar-refractivity contribution in [3.8, 4) is 0 Å². The van der Waals surface area contributed by atoms with Crippen LogP contribution >= 0.6 is 11.8 Å². The Morgan fingerprint density at radius 2 is 2.25 bits per heavy atom. The lowest BCUT2D eigenvalue weighted by Crippen LogP contribution is -2.45. The quantitative estimate of drug-likeness (QED) is 0.781. The summed E-state index contributed by atoms with van der Waals surface area (Å²) in [6.45, 7) is 7.63. The van der Waals surface area contributed by atoms with E-state index in [-0.39, 0.29) is 11.9 Å². The fourth-order valence-electron chi connectivity index (χ4n) is 1.26. The first kappa shape index (κ1) is 13.4. The van der Waals surface area contributed by atoms with Crippen LogP contribution in [-0.4, -0.2) is 36.0 Å². The van der Waals surface area contributed by atoms with E-state index in [1.807, 2.05) is 6.92 Å². The molecule has 0 spiro atoms. The molecule has 0 radical (unpaired) electrons. The van der Waals surface area contributed by atoms with E-state index in [9.17, 15) is 4.79 Å². The lowest BCUT2D eigenvalue weighted by atomic mass is 10.2. The minimum atomic E-state index is -0.205. The Morgan fingerprint density at radius 1 is 1.50 bits per heavy atom. The van der Waals surface area contributed by atoms with Crippen LogP contribution < -0.4 is 10.6 Å². The average molecular weight is 243 g/mol. The van der Waals surface area contributed by atoms with Gasteiger partial charge in [-0.3, -0.25) is 9.79 Å². The van der Waals surface area contributed by atoms with Crippen LogP contribution in [0.2, 0.25) is 0 Å². The number of nitrogens with one attached hydrogen (secondary N) is 2. The topological polar surface area (TPSA) is 53.5 Å². The summed E-state index contributed by atoms with van der Waals surface area (Å²) in [5, 5.41) is 6.95. The van der Waals surface area contributed by atoms with Gasteiger partial charge < -0.3 is 10.6 Å². The molecular weight excluding hydrogens is 222 g/mol. The molecule has 1 atom stereocenters. The Balaban J connectivity index is 2.30. The van der Waals surface area contributed by atoms with E-state index in [1.165, 1.54) is 0 Å². The van der Waals surface area contributed by atoms with Gasteiger partial charge in [-0.2, -0.15) is 0 Å². The molecule has 0 saturated heterocycles. The van der Waals surface area contributed by atoms with Gasteiger partial charge in [0, 0.05) is 18.8 Å². The van der Waals surface area contributed by atoms with Crippen LogP contribution in [0.4, 0.5) is 0 Å². The van der Waals surface area contributed by atoms with Gasteiger partial charge in [-0.25, -0.2) is 0 Å². The molecule has 4 nitrogen and oxygen atoms in total. The lowest BCUT2D eigenvalue weighted by Gasteiger charge is -2.19. The van der Waals surface area contributed by atoms with Crippen molar-refractivity contribution in [3.63, 3.8) is 0 Å². The minimum absolute atomic E-state index is 0.0440. The predicted molar refractivity (Wildman–Crippen MR) is 69.8 cm³/mol. The highest BCUT2D eigenvalue weighted by Crippen LogP contribution is 2.10. The molecule has 1 aliphatic rings. The van der Waals surface area contributed by atoms with Crippen molar-refractivity contribution in [3.05, 3.63) is 0 Å². The van der Waals surface area contributed by atoms with Crippen LogP contribution in [0.25, 0.3) is 0 Å². The van der Waals surface area contributed by atoms with E-state index in [4.69, 9.17) is 0 Å². The zero-order chi connectivity index (χ0) is 12.0. The number of thioether (sulfide) groups is 1. The molecule has 5 heteroatoms. The summed E-state index contributed by atoms with van der Waals surface area (Å²) in [7, 11) is 0. The molecule has 0 aromatic heterocycles. The molecule has 0 fully saturated rings. The maximum absolute atomic E-state index is 11.7. The maximum Gasteiger partial charge on any atom is 0.242 e. The number of nitrogens with zero attached hydrogens (tertiary/aromatic N) is 1. The average Bonchev–Trinajstić information content (AvgIpc) is 2.27. The second-order valence-corrected chi connectivity index (χ2v) is 5.48. The van der Waals surface area contributed by atoms with E-state index < -0.39 is 0 Å². The Hall–Kier alpha value is -0.710. The van der Waals surface area contributed by atoms with E-state index in [0.717, 1.165) is 30.4 Å². The van der Waals surface area contributed by atoms with Crippen molar-refractivity contribution in [2.24, 2.45) is 10.9 Å². The zero-order valence-electron chi connectivity index (χ0n) is 10.2. The standard InChI is InChI=1S/C11H21N3OS/c1-8(2)7-13-10(15)9(3)14-11-12-5-4-6-16-11/h8-9H,4-7H2,1-3H3,(H,12,14)(H,13,15). The molecule has 16 heavy (non-hydrogen) atoms. The minimum Gasteiger partial charge on any atom is -0.354 e. The summed E-state index contributed by atoms with van der Waals surface area (Å²) in [6.07, 6.45) is 1.13. The summed E-state index contributed by atoms with van der Waals surface area (Å²) < 4.78 is 0. The first-order valence-corrected chi connectivity index (χ1v) is 6.79. The van der Waals surface area contributed by atoms with Crippen molar-refractivity contribution >= 4 is 22.8 Å². The smallest absolute Gasteiger partial charge is 0.242 e. The number of carbonyl (C=O) groups is 1. The highest BCUT2D eigenvalue weighted by atomic mass is 32.2. The van der Waals surface area contributed by atoms with Crippen LogP contribution in [0.3, 0.4) is 0 Å². The van der Waals surface area contributed by atoms with Gasteiger partial charge in [-0.15, -0.1) is 0 Å². The van der Waals surface area contributed by atoms with Crippen molar-refractivity contribution in [1.82, 2.24) is 10.6 Å². The second-order valence-electron chi connectivity index (χ2n) is 4.39. The monoisotopic (exact) mass is 243 g/mol. The summed E-state index contributed by atoms with van der Waals surface area (Å²) in [6, 6.07) is -0.205. The molecule has 2 N–H and O–H groups in total. The Kier molecular flexibility index (Phi) is 5.66. The second kappa shape index (κ2) is 6.78. The highest BCUT2D eigenvalue weighted by molar-refractivity contribution is 8.13. The zero-order valence-corrected chi connectivity index (χ0v) is 11.1. The van der Waals surface area contributed by atoms with Gasteiger partial charge in [0.05, 0.1) is 0 Å². The van der Waals surface area contributed by atoms with E-state index >= 15 is 0 Å². The Morgan fingerprint density at radius 3 is 2.81 bits per heavy atom. The van der Waals surface area contributed by atoms with Gasteiger partial charge in [-0.1, -0.05) is 25.6 Å². The van der Waals surface area contributed by atoms with Crippen LogP contribution in [0, 0.1) is 5.92 Å². The highest BCUT2D eigenvalue weighted by Gasteiger charge is 2.15. The molecule has 1 aliphatic heterocycles. The van der Waals surface area contributed by atoms with Crippen molar-refractivity contribution < 1.29 is 4.79 Å². The molecule has 0 aromatic rings. The molecule has 0 bridgehead atoms. The van der Waals surface area contributed by atoms with Crippen molar-refractivity contribution in [1.29, 1.82) is 0 Å². The number of amidine groups is 1. The van der Waals surface area contributed by atoms with Crippen LogP contribution in [0.15, 0.2) is 4.99 Å². The molecule has 0 saturated carbocycles. The van der Waals surface area contributed by atoms with Crippen LogP contribution in [0.5, 0.6) is 0 Å². The number of aliphatic imine (C=N–C) groups is 1. The normalized spacial score (nSPS) is 17.9. The Labute approximate surface area is 102 Å². The molecule has 92 valence electrons. The number of rotatable bonds is 4. The van der Waals surface area contributed by atoms with Crippen LogP contribution in [-0.2, 0) is 4.79 Å². The number of hydrogen-bond donors (Lipinski definition) is 2. The molecular formula is C11H21N3OS. The predicted octanol–water partition coefficient (Wildman–Crippen LogP) is 1.23. The molecule has 0 aliphatic carbocycles. The largest absolute Gasteiger partial charge is 0.354 e. The third-order valence-electron chi connectivity index (χ3n) is 2.21. The van der Waals surface area contributed by atoms with Gasteiger partial charge in [0.2, 0.25) is 5.91 Å². The maximum atomic E-state index is 11.7. The summed E-state index contributed by atoms with van der Waals surface area (Å²) >= 11 is 1.69. The van der Waals surface area contributed by atoms with Gasteiger partial charge in [-0.05, 0) is 19.3 Å². The van der Waals surface area contributed by atoms with E-state index in [1.54, 1.807) is 11.8 Å². The first-order valence-electron chi connectivity index (χ1n) is 5.81. The van der Waals surface area contributed by atoms with E-state index in [0.29, 0.717) is 5.92 Å². The van der Waals surface area contributed by atoms with Crippen LogP contribution in [0.1, 0.15) is 27.2 Å². The third kappa shape index (κ3) is 4.88. The lowest BCUT2D eigenvalue weighted by molar-refractivity contribution is -0.122. The third-order valence-corrected chi connectivity index (χ3v) is 3.23. The Bertz CT molecular complexity index is 266. The molecule has 1 heterocycles. The van der Waals surface area contributed by atoms with Gasteiger partial charge in [0.25, 0.3) is 0 Å². The molecule has 1 unspecified atom stereocenters. The molecule has 0 aromatic carbocycles. The van der Waals surface area contributed by atoms with Gasteiger partial charge in [0.1, 0.15) is 6.04 Å². The van der Waals surface area contributed by atoms with Gasteiger partial charge >= 0.3 is 0 Å². The molecule has 1 rings (SSSR count). The summed E-state index contributed by atoms with van der Waals surface area (Å²) in [5.41, 5.74) is 0. The molecule has 1 amide bonds. The summed E-state index contributed by atoms with van der Waals surface area (Å²) in [5.74, 6) is 1.62. The fourth-order valence-corrected chi connectivity index (χ4v) is 2.16. The number of amides is 1. The first-order chi connectivity index (χ1) is 7.59. The van der Waals surface area contributed by atoms with Crippen molar-refractivity contribution in [2.75, 3.05) is 18.8 Å². The van der Waals surface area contributed by atoms with E-state index in [2.05, 4.69) is 29.5 Å².